The van der Waals surface area contributed by atoms with Crippen LogP contribution in [0.2, 0.25) is 0 Å². The molecule has 0 spiro atoms. The number of hydrogen-bond donors (Lipinski definition) is 1. The smallest absolute Gasteiger partial charge is 0.237 e. The number of nitrogens with one attached hydrogen (secondary N) is 1. The minimum Gasteiger partial charge on any atom is -0.345 e. The van der Waals surface area contributed by atoms with Crippen LogP contribution in [-0.2, 0) is 9.59 Å². The van der Waals surface area contributed by atoms with E-state index in [1.54, 1.807) is 19.2 Å². The van der Waals surface area contributed by atoms with Gasteiger partial charge in [0, 0.05) is 18.9 Å². The molecule has 1 aliphatic heterocycles. The van der Waals surface area contributed by atoms with Gasteiger partial charge in [0.25, 0.3) is 0 Å². The summed E-state index contributed by atoms with van der Waals surface area (Å²) in [5.41, 5.74) is 0.110. The van der Waals surface area contributed by atoms with Gasteiger partial charge in [-0.2, -0.15) is 0 Å². The van der Waals surface area contributed by atoms with Crippen LogP contribution in [0.25, 0.3) is 0 Å². The van der Waals surface area contributed by atoms with Crippen LogP contribution >= 0.6 is 9.24 Å². The maximum absolute atomic E-state index is 13.8. The van der Waals surface area contributed by atoms with Gasteiger partial charge in [-0.05, 0) is 18.9 Å². The number of amides is 2. The maximum atomic E-state index is 13.8. The molecule has 2 atom stereocenters. The first-order valence-electron chi connectivity index (χ1n) is 6.10. The lowest BCUT2D eigenvalue weighted by Gasteiger charge is -2.28. The molecule has 1 N–H and O–H groups in total. The highest BCUT2D eigenvalue weighted by Gasteiger charge is 2.32. The molecule has 1 heterocycles. The summed E-state index contributed by atoms with van der Waals surface area (Å²) in [5.74, 6) is -1.85. The molecule has 0 aromatic heterocycles. The van der Waals surface area contributed by atoms with Crippen molar-refractivity contribution in [2.75, 3.05) is 18.9 Å². The van der Waals surface area contributed by atoms with Crippen molar-refractivity contribution in [2.24, 2.45) is 5.92 Å². The second-order valence-corrected chi connectivity index (χ2v) is 5.27. The van der Waals surface area contributed by atoms with Crippen LogP contribution < -0.4 is 10.6 Å². The lowest BCUT2D eigenvalue weighted by molar-refractivity contribution is -0.142. The van der Waals surface area contributed by atoms with Crippen molar-refractivity contribution in [1.29, 1.82) is 0 Å². The monoisotopic (exact) mass is 282 g/mol. The second kappa shape index (κ2) is 5.66. The van der Waals surface area contributed by atoms with Crippen molar-refractivity contribution in [1.82, 2.24) is 4.90 Å². The minimum atomic E-state index is -0.716. The Bertz CT molecular complexity index is 521. The van der Waals surface area contributed by atoms with Gasteiger partial charge in [-0.1, -0.05) is 12.1 Å². The third-order valence-corrected chi connectivity index (χ3v) is 3.71. The third kappa shape index (κ3) is 2.92. The molecule has 4 nitrogen and oxygen atoms in total. The number of carbonyl (C=O) groups excluding carboxylic acids is 2. The van der Waals surface area contributed by atoms with Crippen molar-refractivity contribution in [2.45, 2.75) is 12.8 Å². The van der Waals surface area contributed by atoms with Gasteiger partial charge >= 0.3 is 0 Å². The lowest BCUT2D eigenvalue weighted by Crippen LogP contribution is -2.43. The Morgan fingerprint density at radius 2 is 2.26 bits per heavy atom. The summed E-state index contributed by atoms with van der Waals surface area (Å²) in [6, 6.07) is 4.73. The number of hydrogen-bond acceptors (Lipinski definition) is 2. The van der Waals surface area contributed by atoms with Crippen molar-refractivity contribution in [3.05, 3.63) is 24.0 Å². The summed E-state index contributed by atoms with van der Waals surface area (Å²) >= 11 is 0. The molecule has 2 rings (SSSR count). The van der Waals surface area contributed by atoms with E-state index in [0.717, 1.165) is 6.42 Å². The molecule has 1 saturated heterocycles. The quantitative estimate of drug-likeness (QED) is 0.653. The molecular formula is C13H16FN2O2P. The predicted octanol–water partition coefficient (Wildman–Crippen LogP) is 1.13. The number of rotatable bonds is 2. The van der Waals surface area contributed by atoms with Crippen LogP contribution in [0.3, 0.4) is 0 Å². The predicted molar refractivity (Wildman–Crippen MR) is 74.7 cm³/mol. The molecule has 1 aliphatic rings. The number of benzene rings is 1. The summed E-state index contributed by atoms with van der Waals surface area (Å²) in [4.78, 5) is 25.5. The maximum Gasteiger partial charge on any atom is 0.237 e. The third-order valence-electron chi connectivity index (χ3n) is 3.26. The number of carbonyl (C=O) groups is 2. The Hall–Kier alpha value is -1.48. The summed E-state index contributed by atoms with van der Waals surface area (Å²) in [6.45, 7) is 0.665. The van der Waals surface area contributed by atoms with Gasteiger partial charge in [0.05, 0.1) is 5.69 Å². The Balaban J connectivity index is 2.13. The second-order valence-electron chi connectivity index (χ2n) is 4.65. The molecular weight excluding hydrogens is 266 g/mol. The van der Waals surface area contributed by atoms with E-state index >= 15 is 0 Å². The zero-order valence-electron chi connectivity index (χ0n) is 10.6. The van der Waals surface area contributed by atoms with Gasteiger partial charge in [0.2, 0.25) is 11.8 Å². The lowest BCUT2D eigenvalue weighted by atomic mass is 9.96. The summed E-state index contributed by atoms with van der Waals surface area (Å²) < 4.78 is 13.8. The van der Waals surface area contributed by atoms with Crippen LogP contribution in [0.15, 0.2) is 18.2 Å². The molecule has 1 fully saturated rings. The first-order chi connectivity index (χ1) is 9.00. The average molecular weight is 282 g/mol. The fourth-order valence-electron chi connectivity index (χ4n) is 2.14. The highest BCUT2D eigenvalue weighted by molar-refractivity contribution is 7.27. The standard InChI is InChI=1S/C13H16FN2O2P/c1-16-7-3-4-8(13(16)18)12(17)15-9-5-2-6-10(19)11(9)14/h2,5-6,8H,3-4,7,19H2,1H3,(H,15,17)/t8-/m0/s1. The molecule has 0 bridgehead atoms. The van der Waals surface area contributed by atoms with E-state index in [1.807, 2.05) is 0 Å². The van der Waals surface area contributed by atoms with Gasteiger partial charge < -0.3 is 10.2 Å². The van der Waals surface area contributed by atoms with E-state index < -0.39 is 17.6 Å². The molecule has 1 unspecified atom stereocenters. The van der Waals surface area contributed by atoms with Gasteiger partial charge in [0.15, 0.2) is 5.82 Å². The van der Waals surface area contributed by atoms with Crippen LogP contribution in [0.4, 0.5) is 10.1 Å². The van der Waals surface area contributed by atoms with Crippen LogP contribution in [0, 0.1) is 11.7 Å². The topological polar surface area (TPSA) is 49.4 Å². The summed E-state index contributed by atoms with van der Waals surface area (Å²) in [7, 11) is 3.93. The van der Waals surface area contributed by atoms with Gasteiger partial charge in [-0.25, -0.2) is 4.39 Å². The molecule has 2 amide bonds. The summed E-state index contributed by atoms with van der Waals surface area (Å²) in [6.07, 6.45) is 1.30. The molecule has 6 heteroatoms. The van der Waals surface area contributed by atoms with E-state index in [2.05, 4.69) is 14.6 Å². The SMILES string of the molecule is CN1CCC[C@@H](C(=O)Nc2cccc(P)c2F)C1=O. The first kappa shape index (κ1) is 13.9. The zero-order chi connectivity index (χ0) is 14.0. The van der Waals surface area contributed by atoms with Gasteiger partial charge in [-0.15, -0.1) is 9.24 Å². The normalized spacial score (nSPS) is 19.4. The van der Waals surface area contributed by atoms with Crippen LogP contribution in [0.5, 0.6) is 0 Å². The number of piperidine rings is 1. The number of anilines is 1. The molecule has 1 aromatic carbocycles. The fourth-order valence-corrected chi connectivity index (χ4v) is 2.41. The Morgan fingerprint density at radius 3 is 3.00 bits per heavy atom. The van der Waals surface area contributed by atoms with E-state index in [-0.39, 0.29) is 11.6 Å². The average Bonchev–Trinajstić information content (AvgIpc) is 2.38. The van der Waals surface area contributed by atoms with E-state index in [4.69, 9.17) is 0 Å². The molecule has 0 radical (unpaired) electrons. The highest BCUT2D eigenvalue weighted by Crippen LogP contribution is 2.20. The zero-order valence-corrected chi connectivity index (χ0v) is 11.8. The van der Waals surface area contributed by atoms with Crippen molar-refractivity contribution in [3.8, 4) is 0 Å². The van der Waals surface area contributed by atoms with E-state index in [0.29, 0.717) is 18.3 Å². The van der Waals surface area contributed by atoms with Crippen molar-refractivity contribution >= 4 is 32.0 Å². The van der Waals surface area contributed by atoms with Crippen LogP contribution in [-0.4, -0.2) is 30.3 Å². The molecule has 102 valence electrons. The Kier molecular flexibility index (Phi) is 4.15. The first-order valence-corrected chi connectivity index (χ1v) is 6.68. The van der Waals surface area contributed by atoms with Gasteiger partial charge in [-0.3, -0.25) is 9.59 Å². The number of halogens is 1. The van der Waals surface area contributed by atoms with Crippen molar-refractivity contribution < 1.29 is 14.0 Å². The Morgan fingerprint density at radius 1 is 1.53 bits per heavy atom. The Labute approximate surface area is 113 Å². The van der Waals surface area contributed by atoms with Gasteiger partial charge in [0.1, 0.15) is 5.92 Å². The van der Waals surface area contributed by atoms with E-state index in [1.165, 1.54) is 11.0 Å². The van der Waals surface area contributed by atoms with Crippen molar-refractivity contribution in [3.63, 3.8) is 0 Å². The largest absolute Gasteiger partial charge is 0.345 e. The minimum absolute atomic E-state index is 0.110. The molecule has 1 aromatic rings. The fraction of sp³-hybridized carbons (Fsp3) is 0.385. The molecule has 0 aliphatic carbocycles. The molecule has 19 heavy (non-hydrogen) atoms. The highest BCUT2D eigenvalue weighted by atomic mass is 31.0. The number of likely N-dealkylation sites (tertiary alicyclic amines) is 1. The van der Waals surface area contributed by atoms with E-state index in [9.17, 15) is 14.0 Å². The molecule has 0 saturated carbocycles. The van der Waals surface area contributed by atoms with Crippen LogP contribution in [0.1, 0.15) is 12.8 Å². The summed E-state index contributed by atoms with van der Waals surface area (Å²) in [5, 5.41) is 2.88. The number of nitrogens with zero attached hydrogens (tertiary/aromatic N) is 1.